The molecular weight excluding hydrogens is 418 g/mol. The van der Waals surface area contributed by atoms with Crippen LogP contribution in [0.25, 0.3) is 22.5 Å². The number of hydrogen-bond donors (Lipinski definition) is 0. The Labute approximate surface area is 193 Å². The third kappa shape index (κ3) is 5.19. The van der Waals surface area contributed by atoms with Crippen LogP contribution in [0.4, 0.5) is 0 Å². The van der Waals surface area contributed by atoms with Crippen LogP contribution in [0.1, 0.15) is 25.3 Å². The second-order valence-electron chi connectivity index (χ2n) is 8.34. The number of ether oxygens (including phenoxy) is 4. The van der Waals surface area contributed by atoms with Gasteiger partial charge < -0.3 is 18.9 Å². The lowest BCUT2D eigenvalue weighted by atomic mass is 10.0. The lowest BCUT2D eigenvalue weighted by Crippen LogP contribution is -2.04. The number of aryl methyl sites for hydroxylation is 1. The average molecular weight is 446 g/mol. The van der Waals surface area contributed by atoms with Gasteiger partial charge in [-0.25, -0.2) is 0 Å². The van der Waals surface area contributed by atoms with Crippen LogP contribution in [0.2, 0.25) is 0 Å². The van der Waals surface area contributed by atoms with Gasteiger partial charge in [-0.1, -0.05) is 13.3 Å². The third-order valence-electron chi connectivity index (χ3n) is 5.72. The van der Waals surface area contributed by atoms with Crippen molar-refractivity contribution in [2.75, 3.05) is 26.4 Å². The topological polar surface area (TPSA) is 85.1 Å². The summed E-state index contributed by atoms with van der Waals surface area (Å²) in [7, 11) is 0. The third-order valence-corrected chi connectivity index (χ3v) is 5.72. The van der Waals surface area contributed by atoms with Crippen molar-refractivity contribution >= 4 is 0 Å². The van der Waals surface area contributed by atoms with E-state index in [2.05, 4.69) is 13.0 Å². The number of unbranched alkanes of at least 4 members (excludes halogenated alkanes) is 1. The van der Waals surface area contributed by atoms with Gasteiger partial charge in [0.1, 0.15) is 54.2 Å². The molecule has 0 spiro atoms. The Balaban J connectivity index is 1.43. The summed E-state index contributed by atoms with van der Waals surface area (Å²) in [4.78, 5) is 0. The molecule has 0 saturated carbocycles. The first-order chi connectivity index (χ1) is 16.2. The second kappa shape index (κ2) is 9.65. The molecule has 2 aliphatic heterocycles. The number of rotatable bonds is 11. The molecule has 0 bridgehead atoms. The fourth-order valence-corrected chi connectivity index (χ4v) is 3.66. The Bertz CT molecular complexity index is 1120. The highest BCUT2D eigenvalue weighted by molar-refractivity contribution is 5.78. The molecule has 170 valence electrons. The van der Waals surface area contributed by atoms with E-state index in [0.717, 1.165) is 60.9 Å². The maximum absolute atomic E-state index is 10.1. The van der Waals surface area contributed by atoms with Crippen molar-refractivity contribution < 1.29 is 18.9 Å². The van der Waals surface area contributed by atoms with E-state index in [4.69, 9.17) is 24.0 Å². The molecule has 3 aromatic rings. The predicted octanol–water partition coefficient (Wildman–Crippen LogP) is 4.44. The summed E-state index contributed by atoms with van der Waals surface area (Å²) >= 11 is 0. The van der Waals surface area contributed by atoms with Gasteiger partial charge in [0, 0.05) is 17.7 Å². The Kier molecular flexibility index (Phi) is 6.29. The first-order valence-electron chi connectivity index (χ1n) is 11.5. The molecular formula is C26H27N3O4. The van der Waals surface area contributed by atoms with Crippen molar-refractivity contribution in [2.45, 2.75) is 38.5 Å². The highest BCUT2D eigenvalue weighted by atomic mass is 16.6. The summed E-state index contributed by atoms with van der Waals surface area (Å²) in [6.07, 6.45) is 2.46. The van der Waals surface area contributed by atoms with Gasteiger partial charge in [0.05, 0.1) is 18.9 Å². The Morgan fingerprint density at radius 3 is 1.97 bits per heavy atom. The van der Waals surface area contributed by atoms with Crippen molar-refractivity contribution in [1.82, 2.24) is 9.78 Å². The summed E-state index contributed by atoms with van der Waals surface area (Å²) in [5.74, 6) is 1.57. The van der Waals surface area contributed by atoms with E-state index in [0.29, 0.717) is 24.5 Å². The minimum Gasteiger partial charge on any atom is -0.491 e. The number of aromatic nitrogens is 2. The molecule has 2 atom stereocenters. The summed E-state index contributed by atoms with van der Waals surface area (Å²) in [5, 5.41) is 14.9. The van der Waals surface area contributed by atoms with Crippen LogP contribution in [0, 0.1) is 11.3 Å². The number of nitriles is 1. The Morgan fingerprint density at radius 2 is 1.48 bits per heavy atom. The van der Waals surface area contributed by atoms with Crippen LogP contribution < -0.4 is 9.47 Å². The molecule has 0 aliphatic carbocycles. The molecule has 2 saturated heterocycles. The lowest BCUT2D eigenvalue weighted by molar-refractivity contribution is 0.263. The molecule has 2 aromatic carbocycles. The van der Waals surface area contributed by atoms with Gasteiger partial charge in [-0.05, 0) is 55.0 Å². The summed E-state index contributed by atoms with van der Waals surface area (Å²) in [5.41, 5.74) is 3.94. The number of hydrogen-bond acceptors (Lipinski definition) is 6. The van der Waals surface area contributed by atoms with Gasteiger partial charge in [0.15, 0.2) is 0 Å². The predicted molar refractivity (Wildman–Crippen MR) is 123 cm³/mol. The fourth-order valence-electron chi connectivity index (χ4n) is 3.66. The van der Waals surface area contributed by atoms with Gasteiger partial charge in [-0.15, -0.1) is 0 Å². The second-order valence-corrected chi connectivity index (χ2v) is 8.34. The quantitative estimate of drug-likeness (QED) is 0.406. The lowest BCUT2D eigenvalue weighted by Gasteiger charge is -2.09. The molecule has 2 aliphatic rings. The summed E-state index contributed by atoms with van der Waals surface area (Å²) in [6, 6.07) is 18.0. The zero-order valence-electron chi connectivity index (χ0n) is 18.7. The first kappa shape index (κ1) is 21.5. The van der Waals surface area contributed by atoms with Crippen LogP contribution in [-0.4, -0.2) is 48.4 Å². The van der Waals surface area contributed by atoms with E-state index in [1.54, 1.807) is 0 Å². The van der Waals surface area contributed by atoms with Crippen LogP contribution in [-0.2, 0) is 16.0 Å². The first-order valence-corrected chi connectivity index (χ1v) is 11.5. The van der Waals surface area contributed by atoms with Crippen molar-refractivity contribution in [3.05, 3.63) is 54.1 Å². The van der Waals surface area contributed by atoms with Crippen molar-refractivity contribution in [3.8, 4) is 40.1 Å². The molecule has 0 N–H and O–H groups in total. The van der Waals surface area contributed by atoms with Crippen LogP contribution in [0.3, 0.4) is 0 Å². The van der Waals surface area contributed by atoms with Gasteiger partial charge >= 0.3 is 0 Å². The van der Waals surface area contributed by atoms with E-state index in [-0.39, 0.29) is 12.2 Å². The molecule has 1 aromatic heterocycles. The van der Waals surface area contributed by atoms with Gasteiger partial charge in [-0.3, -0.25) is 4.68 Å². The van der Waals surface area contributed by atoms with Crippen molar-refractivity contribution in [2.24, 2.45) is 0 Å². The van der Waals surface area contributed by atoms with E-state index in [9.17, 15) is 5.26 Å². The van der Waals surface area contributed by atoms with Gasteiger partial charge in [0.25, 0.3) is 0 Å². The number of epoxide rings is 2. The van der Waals surface area contributed by atoms with Crippen LogP contribution in [0.15, 0.2) is 48.5 Å². The van der Waals surface area contributed by atoms with Gasteiger partial charge in [-0.2, -0.15) is 10.4 Å². The monoisotopic (exact) mass is 445 g/mol. The average Bonchev–Trinajstić information content (AvgIpc) is 3.79. The normalized spacial score (nSPS) is 18.5. The van der Waals surface area contributed by atoms with E-state index in [1.165, 1.54) is 0 Å². The molecule has 3 heterocycles. The van der Waals surface area contributed by atoms with Crippen molar-refractivity contribution in [3.63, 3.8) is 0 Å². The molecule has 7 heteroatoms. The SMILES string of the molecule is CCCCn1nc(-c2ccc(OCC3CO3)cc2)c(C#N)c1-c1ccc(OCC2CO2)cc1. The Hall–Kier alpha value is -3.34. The molecule has 7 nitrogen and oxygen atoms in total. The highest BCUT2D eigenvalue weighted by Gasteiger charge is 2.24. The minimum atomic E-state index is 0.213. The van der Waals surface area contributed by atoms with Crippen LogP contribution in [0.5, 0.6) is 11.5 Å². The molecule has 5 rings (SSSR count). The molecule has 0 amide bonds. The van der Waals surface area contributed by atoms with Gasteiger partial charge in [0.2, 0.25) is 0 Å². The summed E-state index contributed by atoms with van der Waals surface area (Å²) < 4.78 is 23.9. The molecule has 33 heavy (non-hydrogen) atoms. The zero-order chi connectivity index (χ0) is 22.6. The Morgan fingerprint density at radius 1 is 0.939 bits per heavy atom. The van der Waals surface area contributed by atoms with Crippen LogP contribution >= 0.6 is 0 Å². The smallest absolute Gasteiger partial charge is 0.119 e. The highest BCUT2D eigenvalue weighted by Crippen LogP contribution is 2.34. The summed E-state index contributed by atoms with van der Waals surface area (Å²) in [6.45, 7) is 5.56. The zero-order valence-corrected chi connectivity index (χ0v) is 18.7. The molecule has 0 radical (unpaired) electrons. The number of nitrogens with zero attached hydrogens (tertiary/aromatic N) is 3. The van der Waals surface area contributed by atoms with E-state index >= 15 is 0 Å². The van der Waals surface area contributed by atoms with E-state index in [1.807, 2.05) is 53.2 Å². The number of benzene rings is 2. The van der Waals surface area contributed by atoms with E-state index < -0.39 is 0 Å². The standard InChI is InChI=1S/C26H27N3O4/c1-2-3-12-29-26(19-6-10-21(11-7-19)31-15-23-17-33-23)24(13-27)25(28-29)18-4-8-20(9-5-18)30-14-22-16-32-22/h4-11,22-23H,2-3,12,14-17H2,1H3. The minimum absolute atomic E-state index is 0.213. The molecule has 2 unspecified atom stereocenters. The maximum Gasteiger partial charge on any atom is 0.119 e. The fraction of sp³-hybridized carbons (Fsp3) is 0.385. The maximum atomic E-state index is 10.1. The largest absolute Gasteiger partial charge is 0.491 e. The van der Waals surface area contributed by atoms with Crippen molar-refractivity contribution in [1.29, 1.82) is 5.26 Å². The molecule has 2 fully saturated rings.